The van der Waals surface area contributed by atoms with E-state index < -0.39 is 5.97 Å². The number of nitrogens with zero attached hydrogens (tertiary/aromatic N) is 1. The normalized spacial score (nSPS) is 18.1. The summed E-state index contributed by atoms with van der Waals surface area (Å²) >= 11 is 0. The van der Waals surface area contributed by atoms with Crippen molar-refractivity contribution < 1.29 is 19.2 Å². The fourth-order valence-electron chi connectivity index (χ4n) is 3.94. The predicted molar refractivity (Wildman–Crippen MR) is 121 cm³/mol. The largest absolute Gasteiger partial charge is 0.477 e. The Morgan fingerprint density at radius 3 is 2.30 bits per heavy atom. The van der Waals surface area contributed by atoms with Gasteiger partial charge in [-0.3, -0.25) is 4.79 Å². The number of aliphatic carboxylic acids is 1. The van der Waals surface area contributed by atoms with Gasteiger partial charge in [0.05, 0.1) is 20.6 Å². The highest BCUT2D eigenvalue weighted by Crippen LogP contribution is 2.51. The van der Waals surface area contributed by atoms with Gasteiger partial charge in [-0.15, -0.1) is 0 Å². The average molecular weight is 416 g/mol. The second-order valence-electron chi connectivity index (χ2n) is 10.0. The van der Waals surface area contributed by atoms with E-state index in [9.17, 15) is 14.7 Å². The van der Waals surface area contributed by atoms with Crippen LogP contribution in [0, 0.1) is 11.3 Å². The molecule has 1 saturated carbocycles. The third-order valence-electron chi connectivity index (χ3n) is 6.09. The SMILES string of the molecule is CC1(C)CC1C(=O)N/C(=C\CCCCCCC[N+](C)(C)Cc1ccccc1)C(=O)O. The van der Waals surface area contributed by atoms with Crippen molar-refractivity contribution in [1.82, 2.24) is 5.32 Å². The number of quaternary nitrogens is 1. The Labute approximate surface area is 181 Å². The van der Waals surface area contributed by atoms with E-state index in [1.54, 1.807) is 6.08 Å². The molecule has 0 radical (unpaired) electrons. The van der Waals surface area contributed by atoms with Crippen molar-refractivity contribution in [1.29, 1.82) is 0 Å². The maximum absolute atomic E-state index is 12.1. The Bertz CT molecular complexity index is 738. The summed E-state index contributed by atoms with van der Waals surface area (Å²) in [4.78, 5) is 23.5. The lowest BCUT2D eigenvalue weighted by Gasteiger charge is -2.30. The van der Waals surface area contributed by atoms with Gasteiger partial charge in [-0.2, -0.15) is 0 Å². The number of amides is 1. The number of allylic oxidation sites excluding steroid dienone is 1. The van der Waals surface area contributed by atoms with Crippen LogP contribution in [0.3, 0.4) is 0 Å². The van der Waals surface area contributed by atoms with Gasteiger partial charge in [0.1, 0.15) is 12.2 Å². The van der Waals surface area contributed by atoms with Crippen LogP contribution in [-0.2, 0) is 16.1 Å². The van der Waals surface area contributed by atoms with Gasteiger partial charge >= 0.3 is 5.97 Å². The first-order valence-corrected chi connectivity index (χ1v) is 11.2. The zero-order chi connectivity index (χ0) is 22.2. The van der Waals surface area contributed by atoms with Crippen LogP contribution in [0.4, 0.5) is 0 Å². The van der Waals surface area contributed by atoms with Crippen LogP contribution in [0.5, 0.6) is 0 Å². The van der Waals surface area contributed by atoms with Crippen molar-refractivity contribution >= 4 is 11.9 Å². The highest BCUT2D eigenvalue weighted by Gasteiger charge is 2.50. The molecule has 0 saturated heterocycles. The van der Waals surface area contributed by atoms with E-state index in [0.717, 1.165) is 43.3 Å². The van der Waals surface area contributed by atoms with Crippen LogP contribution in [0.15, 0.2) is 42.1 Å². The van der Waals surface area contributed by atoms with Gasteiger partial charge in [0, 0.05) is 11.5 Å². The summed E-state index contributed by atoms with van der Waals surface area (Å²) in [6.45, 7) is 6.26. The first-order chi connectivity index (χ1) is 14.1. The summed E-state index contributed by atoms with van der Waals surface area (Å²) in [6.07, 6.45) is 8.75. The molecular weight excluding hydrogens is 376 g/mol. The first-order valence-electron chi connectivity index (χ1n) is 11.2. The highest BCUT2D eigenvalue weighted by molar-refractivity contribution is 5.94. The van der Waals surface area contributed by atoms with Gasteiger partial charge in [0.15, 0.2) is 0 Å². The molecule has 2 rings (SSSR count). The molecule has 2 N–H and O–H groups in total. The Balaban J connectivity index is 1.59. The average Bonchev–Trinajstić information content (AvgIpc) is 3.31. The van der Waals surface area contributed by atoms with E-state index in [0.29, 0.717) is 6.42 Å². The van der Waals surface area contributed by atoms with Crippen molar-refractivity contribution in [3.63, 3.8) is 0 Å². The summed E-state index contributed by atoms with van der Waals surface area (Å²) in [7, 11) is 4.56. The van der Waals surface area contributed by atoms with Gasteiger partial charge in [-0.25, -0.2) is 4.79 Å². The standard InChI is InChI=1S/C25H38N2O3/c1-25(2)18-21(25)23(28)26-22(24(29)30)16-12-7-5-6-8-13-17-27(3,4)19-20-14-10-9-11-15-20/h9-11,14-16,21H,5-8,12-13,17-19H2,1-4H3,(H-,26,28,29,30)/p+1/b22-16-. The quantitative estimate of drug-likeness (QED) is 0.278. The molecule has 5 heteroatoms. The summed E-state index contributed by atoms with van der Waals surface area (Å²) in [6, 6.07) is 10.6. The summed E-state index contributed by atoms with van der Waals surface area (Å²) in [5.41, 5.74) is 1.41. The molecule has 1 amide bonds. The van der Waals surface area contributed by atoms with Crippen molar-refractivity contribution in [3.05, 3.63) is 47.7 Å². The minimum absolute atomic E-state index is 0.00206. The fourth-order valence-corrected chi connectivity index (χ4v) is 3.94. The molecule has 1 atom stereocenters. The number of rotatable bonds is 13. The third-order valence-corrected chi connectivity index (χ3v) is 6.09. The summed E-state index contributed by atoms with van der Waals surface area (Å²) < 4.78 is 0.992. The lowest BCUT2D eigenvalue weighted by atomic mass is 10.1. The van der Waals surface area contributed by atoms with Crippen molar-refractivity contribution in [2.75, 3.05) is 20.6 Å². The number of benzene rings is 1. The predicted octanol–water partition coefficient (Wildman–Crippen LogP) is 4.73. The lowest BCUT2D eigenvalue weighted by Crippen LogP contribution is -2.39. The minimum Gasteiger partial charge on any atom is -0.477 e. The van der Waals surface area contributed by atoms with E-state index in [1.165, 1.54) is 18.4 Å². The maximum atomic E-state index is 12.1. The molecule has 30 heavy (non-hydrogen) atoms. The Hall–Kier alpha value is -2.14. The minimum atomic E-state index is -1.06. The molecule has 1 fully saturated rings. The number of carboxylic acids is 1. The molecule has 1 aliphatic carbocycles. The Morgan fingerprint density at radius 1 is 1.10 bits per heavy atom. The molecule has 1 unspecified atom stereocenters. The van der Waals surface area contributed by atoms with Crippen LogP contribution >= 0.6 is 0 Å². The number of hydrogen-bond donors (Lipinski definition) is 2. The molecule has 0 aliphatic heterocycles. The summed E-state index contributed by atoms with van der Waals surface area (Å²) in [5, 5.41) is 11.9. The smallest absolute Gasteiger partial charge is 0.352 e. The van der Waals surface area contributed by atoms with Gasteiger partial charge < -0.3 is 14.9 Å². The van der Waals surface area contributed by atoms with Crippen LogP contribution < -0.4 is 5.32 Å². The van der Waals surface area contributed by atoms with Crippen molar-refractivity contribution in [2.24, 2.45) is 11.3 Å². The number of carbonyl (C=O) groups is 2. The fraction of sp³-hybridized carbons (Fsp3) is 0.600. The Morgan fingerprint density at radius 2 is 1.70 bits per heavy atom. The van der Waals surface area contributed by atoms with Crippen LogP contribution in [0.1, 0.15) is 64.4 Å². The second-order valence-corrected chi connectivity index (χ2v) is 10.0. The molecule has 1 aromatic rings. The third kappa shape index (κ3) is 8.31. The summed E-state index contributed by atoms with van der Waals surface area (Å²) in [5.74, 6) is -1.28. The highest BCUT2D eigenvalue weighted by atomic mass is 16.4. The molecule has 166 valence electrons. The molecule has 0 heterocycles. The number of nitrogens with one attached hydrogen (secondary N) is 1. The second kappa shape index (κ2) is 10.8. The lowest BCUT2D eigenvalue weighted by molar-refractivity contribution is -0.903. The molecular formula is C25H39N2O3+. The van der Waals surface area contributed by atoms with E-state index in [2.05, 4.69) is 49.7 Å². The van der Waals surface area contributed by atoms with Gasteiger partial charge in [-0.1, -0.05) is 63.1 Å². The van der Waals surface area contributed by atoms with E-state index in [4.69, 9.17) is 0 Å². The molecule has 5 nitrogen and oxygen atoms in total. The maximum Gasteiger partial charge on any atom is 0.352 e. The number of carbonyl (C=O) groups excluding carboxylic acids is 1. The molecule has 0 bridgehead atoms. The number of unbranched alkanes of at least 4 members (excludes halogenated alkanes) is 5. The van der Waals surface area contributed by atoms with Crippen LogP contribution in [-0.4, -0.2) is 42.1 Å². The zero-order valence-electron chi connectivity index (χ0n) is 19.1. The number of carboxylic acid groups (broad SMARTS) is 1. The van der Waals surface area contributed by atoms with E-state index in [-0.39, 0.29) is 22.9 Å². The van der Waals surface area contributed by atoms with Crippen LogP contribution in [0.2, 0.25) is 0 Å². The molecule has 1 aromatic carbocycles. The van der Waals surface area contributed by atoms with E-state index in [1.807, 2.05) is 13.8 Å². The number of hydrogen-bond acceptors (Lipinski definition) is 2. The molecule has 1 aliphatic rings. The Kier molecular flexibility index (Phi) is 8.65. The molecule has 0 aromatic heterocycles. The van der Waals surface area contributed by atoms with Gasteiger partial charge in [0.25, 0.3) is 0 Å². The first kappa shape index (κ1) is 24.1. The monoisotopic (exact) mass is 415 g/mol. The van der Waals surface area contributed by atoms with Gasteiger partial charge in [0.2, 0.25) is 5.91 Å². The van der Waals surface area contributed by atoms with Crippen molar-refractivity contribution in [2.45, 2.75) is 65.3 Å². The van der Waals surface area contributed by atoms with Crippen molar-refractivity contribution in [3.8, 4) is 0 Å². The van der Waals surface area contributed by atoms with E-state index >= 15 is 0 Å². The topological polar surface area (TPSA) is 66.4 Å². The molecule has 0 spiro atoms. The van der Waals surface area contributed by atoms with Gasteiger partial charge in [-0.05, 0) is 37.5 Å². The zero-order valence-corrected chi connectivity index (χ0v) is 19.1. The van der Waals surface area contributed by atoms with Crippen LogP contribution in [0.25, 0.3) is 0 Å².